The van der Waals surface area contributed by atoms with E-state index < -0.39 is 24.2 Å². The Labute approximate surface area is 117 Å². The van der Waals surface area contributed by atoms with Gasteiger partial charge in [-0.2, -0.15) is 0 Å². The Morgan fingerprint density at radius 3 is 2.45 bits per heavy atom. The number of ether oxygens (including phenoxy) is 1. The lowest BCUT2D eigenvalue weighted by Gasteiger charge is -2.23. The second-order valence-corrected chi connectivity index (χ2v) is 5.41. The Morgan fingerprint density at radius 2 is 1.95 bits per heavy atom. The fraction of sp³-hybridized carbons (Fsp3) is 0.500. The Hall–Kier alpha value is -1.69. The third kappa shape index (κ3) is 5.13. The van der Waals surface area contributed by atoms with Crippen LogP contribution in [0.2, 0.25) is 0 Å². The summed E-state index contributed by atoms with van der Waals surface area (Å²) in [6, 6.07) is 5.25. The number of alkyl carbamates (subject to hydrolysis) is 1. The van der Waals surface area contributed by atoms with Crippen molar-refractivity contribution >= 4 is 6.09 Å². The molecule has 0 saturated carbocycles. The normalized spacial score (nSPS) is 13.2. The summed E-state index contributed by atoms with van der Waals surface area (Å²) in [5.41, 5.74) is 5.37. The lowest BCUT2D eigenvalue weighted by molar-refractivity contribution is 0.0505. The van der Waals surface area contributed by atoms with Gasteiger partial charge in [0.2, 0.25) is 0 Å². The molecular weight excluding hydrogens is 266 g/mol. The lowest BCUT2D eigenvalue weighted by atomic mass is 10.0. The first-order chi connectivity index (χ1) is 9.23. The Kier molecular flexibility index (Phi) is 5.44. The minimum atomic E-state index is -2.56. The lowest BCUT2D eigenvalue weighted by Crippen LogP contribution is -2.37. The molecule has 0 bridgehead atoms. The molecule has 1 aromatic carbocycles. The molecule has 0 spiro atoms. The maximum atomic E-state index is 12.7. The molecule has 0 saturated heterocycles. The summed E-state index contributed by atoms with van der Waals surface area (Å²) in [6.45, 7) is 5.30. The van der Waals surface area contributed by atoms with E-state index >= 15 is 0 Å². The zero-order valence-corrected chi connectivity index (χ0v) is 11.8. The molecule has 0 fully saturated rings. The molecular formula is C14H20F2N2O2. The summed E-state index contributed by atoms with van der Waals surface area (Å²) in [5.74, 6) is 0. The van der Waals surface area contributed by atoms with Crippen LogP contribution in [0.5, 0.6) is 0 Å². The number of rotatable bonds is 4. The first kappa shape index (κ1) is 16.4. The van der Waals surface area contributed by atoms with Crippen molar-refractivity contribution in [1.82, 2.24) is 5.32 Å². The Morgan fingerprint density at radius 1 is 1.35 bits per heavy atom. The van der Waals surface area contributed by atoms with E-state index in [2.05, 4.69) is 5.32 Å². The van der Waals surface area contributed by atoms with Gasteiger partial charge < -0.3 is 15.8 Å². The van der Waals surface area contributed by atoms with Gasteiger partial charge in [0.1, 0.15) is 5.60 Å². The fourth-order valence-corrected chi connectivity index (χ4v) is 1.64. The number of benzene rings is 1. The molecule has 0 aliphatic carbocycles. The molecule has 0 aliphatic rings. The van der Waals surface area contributed by atoms with Crippen LogP contribution in [0, 0.1) is 0 Å². The van der Waals surface area contributed by atoms with Crippen molar-refractivity contribution in [3.8, 4) is 0 Å². The van der Waals surface area contributed by atoms with Crippen molar-refractivity contribution in [3.63, 3.8) is 0 Å². The standard InChI is InChI=1S/C14H20F2N2O2/c1-14(2,3)20-13(19)18-11(8-17)9-5-4-6-10(7-9)12(15)16/h4-7,11-12H,8,17H2,1-3H3,(H,18,19). The third-order valence-corrected chi connectivity index (χ3v) is 2.49. The first-order valence-corrected chi connectivity index (χ1v) is 6.30. The maximum Gasteiger partial charge on any atom is 0.408 e. The van der Waals surface area contributed by atoms with E-state index in [4.69, 9.17) is 10.5 Å². The van der Waals surface area contributed by atoms with E-state index in [0.29, 0.717) is 5.56 Å². The van der Waals surface area contributed by atoms with Crippen molar-refractivity contribution in [2.45, 2.75) is 38.8 Å². The van der Waals surface area contributed by atoms with Gasteiger partial charge in [0.25, 0.3) is 6.43 Å². The van der Waals surface area contributed by atoms with Gasteiger partial charge in [0.15, 0.2) is 0 Å². The number of nitrogens with one attached hydrogen (secondary N) is 1. The van der Waals surface area contributed by atoms with E-state index in [1.807, 2.05) is 0 Å². The molecule has 6 heteroatoms. The molecule has 1 atom stereocenters. The quantitative estimate of drug-likeness (QED) is 0.893. The van der Waals surface area contributed by atoms with Crippen molar-refractivity contribution in [1.29, 1.82) is 0 Å². The summed E-state index contributed by atoms with van der Waals surface area (Å²) in [7, 11) is 0. The zero-order valence-electron chi connectivity index (χ0n) is 11.8. The van der Waals surface area contributed by atoms with Crippen molar-refractivity contribution in [3.05, 3.63) is 35.4 Å². The van der Waals surface area contributed by atoms with Crippen LogP contribution < -0.4 is 11.1 Å². The molecule has 4 nitrogen and oxygen atoms in total. The van der Waals surface area contributed by atoms with Crippen LogP contribution in [-0.2, 0) is 4.74 Å². The van der Waals surface area contributed by atoms with Crippen LogP contribution in [0.1, 0.15) is 44.4 Å². The predicted octanol–water partition coefficient (Wildman–Crippen LogP) is 3.15. The number of alkyl halides is 2. The van der Waals surface area contributed by atoms with E-state index in [1.54, 1.807) is 26.8 Å². The molecule has 112 valence electrons. The highest BCUT2D eigenvalue weighted by atomic mass is 19.3. The van der Waals surface area contributed by atoms with E-state index in [0.717, 1.165) is 0 Å². The van der Waals surface area contributed by atoms with E-state index in [9.17, 15) is 13.6 Å². The highest BCUT2D eigenvalue weighted by molar-refractivity contribution is 5.68. The van der Waals surface area contributed by atoms with Crippen molar-refractivity contribution < 1.29 is 18.3 Å². The molecule has 20 heavy (non-hydrogen) atoms. The minimum absolute atomic E-state index is 0.0892. The molecule has 1 rings (SSSR count). The Bertz CT molecular complexity index is 459. The van der Waals surface area contributed by atoms with Gasteiger partial charge in [0.05, 0.1) is 6.04 Å². The monoisotopic (exact) mass is 286 g/mol. The summed E-state index contributed by atoms with van der Waals surface area (Å²) >= 11 is 0. The maximum absolute atomic E-state index is 12.7. The van der Waals surface area contributed by atoms with Gasteiger partial charge in [0, 0.05) is 12.1 Å². The van der Waals surface area contributed by atoms with Gasteiger partial charge in [-0.05, 0) is 32.4 Å². The smallest absolute Gasteiger partial charge is 0.408 e. The molecule has 0 aliphatic heterocycles. The second-order valence-electron chi connectivity index (χ2n) is 5.41. The van der Waals surface area contributed by atoms with Crippen molar-refractivity contribution in [2.75, 3.05) is 6.54 Å². The molecule has 1 aromatic rings. The minimum Gasteiger partial charge on any atom is -0.444 e. The van der Waals surface area contributed by atoms with Gasteiger partial charge in [-0.15, -0.1) is 0 Å². The number of hydrogen-bond donors (Lipinski definition) is 2. The third-order valence-electron chi connectivity index (χ3n) is 2.49. The average Bonchev–Trinajstić information content (AvgIpc) is 2.34. The number of hydrogen-bond acceptors (Lipinski definition) is 3. The number of nitrogens with two attached hydrogens (primary N) is 1. The van der Waals surface area contributed by atoms with E-state index in [-0.39, 0.29) is 12.1 Å². The highest BCUT2D eigenvalue weighted by Crippen LogP contribution is 2.22. The van der Waals surface area contributed by atoms with Gasteiger partial charge in [-0.3, -0.25) is 0 Å². The number of carbonyl (C=O) groups excluding carboxylic acids is 1. The molecule has 1 unspecified atom stereocenters. The number of carbonyl (C=O) groups is 1. The largest absolute Gasteiger partial charge is 0.444 e. The molecule has 1 amide bonds. The van der Waals surface area contributed by atoms with Crippen LogP contribution >= 0.6 is 0 Å². The van der Waals surface area contributed by atoms with Crippen LogP contribution in [0.15, 0.2) is 24.3 Å². The van der Waals surface area contributed by atoms with Crippen LogP contribution in [0.3, 0.4) is 0 Å². The average molecular weight is 286 g/mol. The van der Waals surface area contributed by atoms with E-state index in [1.165, 1.54) is 18.2 Å². The van der Waals surface area contributed by atoms with Crippen molar-refractivity contribution in [2.24, 2.45) is 5.73 Å². The van der Waals surface area contributed by atoms with Crippen LogP contribution in [-0.4, -0.2) is 18.2 Å². The number of halogens is 2. The molecule has 0 heterocycles. The summed E-state index contributed by atoms with van der Waals surface area (Å²) in [6.07, 6.45) is -3.19. The molecule has 3 N–H and O–H groups in total. The highest BCUT2D eigenvalue weighted by Gasteiger charge is 2.20. The summed E-state index contributed by atoms with van der Waals surface area (Å²) in [4.78, 5) is 11.7. The zero-order chi connectivity index (χ0) is 15.3. The number of amides is 1. The second kappa shape index (κ2) is 6.65. The first-order valence-electron chi connectivity index (χ1n) is 6.30. The topological polar surface area (TPSA) is 64.3 Å². The predicted molar refractivity (Wildman–Crippen MR) is 72.6 cm³/mol. The Balaban J connectivity index is 2.81. The molecule has 0 radical (unpaired) electrons. The SMILES string of the molecule is CC(C)(C)OC(=O)NC(CN)c1cccc(C(F)F)c1. The van der Waals surface area contributed by atoms with Gasteiger partial charge in [-0.1, -0.05) is 18.2 Å². The molecule has 0 aromatic heterocycles. The fourth-order valence-electron chi connectivity index (χ4n) is 1.64. The summed E-state index contributed by atoms with van der Waals surface area (Å²) < 4.78 is 30.4. The van der Waals surface area contributed by atoms with Gasteiger partial charge in [-0.25, -0.2) is 13.6 Å². The van der Waals surface area contributed by atoms with Gasteiger partial charge >= 0.3 is 6.09 Å². The summed E-state index contributed by atoms with van der Waals surface area (Å²) in [5, 5.41) is 2.57. The van der Waals surface area contributed by atoms with Crippen LogP contribution in [0.4, 0.5) is 13.6 Å². The van der Waals surface area contributed by atoms with Crippen LogP contribution in [0.25, 0.3) is 0 Å².